The van der Waals surface area contributed by atoms with Crippen LogP contribution in [0.25, 0.3) is 0 Å². The van der Waals surface area contributed by atoms with E-state index in [9.17, 15) is 14.9 Å². The molecule has 0 unspecified atom stereocenters. The number of non-ortho nitro benzene ring substituents is 1. The average Bonchev–Trinajstić information content (AvgIpc) is 2.83. The second-order valence-corrected chi connectivity index (χ2v) is 3.79. The fourth-order valence-corrected chi connectivity index (χ4v) is 1.67. The average molecular weight is 236 g/mol. The number of anilines is 1. The molecule has 0 saturated carbocycles. The van der Waals surface area contributed by atoms with Crippen LogP contribution in [0.1, 0.15) is 12.8 Å². The van der Waals surface area contributed by atoms with Crippen LogP contribution in [0.3, 0.4) is 0 Å². The number of rotatable bonds is 3. The zero-order valence-electron chi connectivity index (χ0n) is 9.09. The molecular weight excluding hydrogens is 224 g/mol. The minimum atomic E-state index is -0.480. The van der Waals surface area contributed by atoms with Crippen molar-refractivity contribution in [3.63, 3.8) is 0 Å². The van der Waals surface area contributed by atoms with Crippen molar-refractivity contribution in [2.45, 2.75) is 18.9 Å². The molecule has 1 aromatic carbocycles. The molecule has 1 aliphatic rings. The van der Waals surface area contributed by atoms with Gasteiger partial charge >= 0.3 is 0 Å². The van der Waals surface area contributed by atoms with E-state index >= 15 is 0 Å². The summed E-state index contributed by atoms with van der Waals surface area (Å²) in [4.78, 5) is 21.6. The van der Waals surface area contributed by atoms with E-state index in [2.05, 4.69) is 5.32 Å². The first-order valence-electron chi connectivity index (χ1n) is 5.34. The molecule has 6 heteroatoms. The molecule has 90 valence electrons. The van der Waals surface area contributed by atoms with E-state index in [1.165, 1.54) is 24.3 Å². The first-order chi connectivity index (χ1) is 8.16. The zero-order valence-corrected chi connectivity index (χ0v) is 9.09. The second kappa shape index (κ2) is 4.92. The lowest BCUT2D eigenvalue weighted by Crippen LogP contribution is -2.26. The number of carbonyl (C=O) groups is 1. The van der Waals surface area contributed by atoms with Crippen LogP contribution in [0.5, 0.6) is 0 Å². The molecule has 1 aliphatic heterocycles. The molecule has 1 atom stereocenters. The summed E-state index contributed by atoms with van der Waals surface area (Å²) >= 11 is 0. The number of hydrogen-bond acceptors (Lipinski definition) is 4. The fraction of sp³-hybridized carbons (Fsp3) is 0.364. The maximum absolute atomic E-state index is 11.7. The van der Waals surface area contributed by atoms with Crippen LogP contribution in [0.15, 0.2) is 24.3 Å². The van der Waals surface area contributed by atoms with Crippen molar-refractivity contribution in [1.82, 2.24) is 0 Å². The maximum Gasteiger partial charge on any atom is 0.269 e. The van der Waals surface area contributed by atoms with E-state index in [0.29, 0.717) is 12.3 Å². The molecule has 0 bridgehead atoms. The highest BCUT2D eigenvalue weighted by Crippen LogP contribution is 2.18. The Morgan fingerprint density at radius 2 is 2.12 bits per heavy atom. The third kappa shape index (κ3) is 2.79. The van der Waals surface area contributed by atoms with E-state index in [1.807, 2.05) is 0 Å². The summed E-state index contributed by atoms with van der Waals surface area (Å²) in [7, 11) is 0. The molecule has 6 nitrogen and oxygen atoms in total. The lowest BCUT2D eigenvalue weighted by atomic mass is 10.2. The number of amides is 1. The Labute approximate surface area is 97.7 Å². The van der Waals surface area contributed by atoms with E-state index in [0.717, 1.165) is 12.8 Å². The molecule has 1 fully saturated rings. The highest BCUT2D eigenvalue weighted by atomic mass is 16.6. The summed E-state index contributed by atoms with van der Waals surface area (Å²) in [5, 5.41) is 13.1. The van der Waals surface area contributed by atoms with Crippen LogP contribution in [-0.4, -0.2) is 23.5 Å². The summed E-state index contributed by atoms with van der Waals surface area (Å²) in [6.45, 7) is 0.609. The maximum atomic E-state index is 11.7. The van der Waals surface area contributed by atoms with Gasteiger partial charge in [-0.3, -0.25) is 14.9 Å². The highest BCUT2D eigenvalue weighted by molar-refractivity contribution is 5.94. The van der Waals surface area contributed by atoms with Gasteiger partial charge in [-0.1, -0.05) is 0 Å². The Morgan fingerprint density at radius 1 is 1.41 bits per heavy atom. The summed E-state index contributed by atoms with van der Waals surface area (Å²) in [5.74, 6) is -0.198. The molecule has 0 aromatic heterocycles. The normalized spacial score (nSPS) is 18.9. The molecule has 1 saturated heterocycles. The van der Waals surface area contributed by atoms with Gasteiger partial charge < -0.3 is 10.1 Å². The number of ether oxygens (including phenoxy) is 1. The second-order valence-electron chi connectivity index (χ2n) is 3.79. The van der Waals surface area contributed by atoms with Gasteiger partial charge in [0.2, 0.25) is 0 Å². The SMILES string of the molecule is O=C(Nc1ccc([N+](=O)[O-])cc1)[C@H]1CCCO1. The Balaban J connectivity index is 1.98. The van der Waals surface area contributed by atoms with Gasteiger partial charge in [0.25, 0.3) is 11.6 Å². The standard InChI is InChI=1S/C11H12N2O4/c14-11(10-2-1-7-17-10)12-8-3-5-9(6-4-8)13(15)16/h3-6,10H,1-2,7H2,(H,12,14)/t10-/m1/s1. The Kier molecular flexibility index (Phi) is 3.34. The molecule has 1 heterocycles. The van der Waals surface area contributed by atoms with Gasteiger partial charge in [0, 0.05) is 24.4 Å². The number of nitrogens with zero attached hydrogens (tertiary/aromatic N) is 1. The third-order valence-corrected chi connectivity index (χ3v) is 2.57. The highest BCUT2D eigenvalue weighted by Gasteiger charge is 2.23. The molecule has 1 N–H and O–H groups in total. The van der Waals surface area contributed by atoms with Crippen molar-refractivity contribution in [3.8, 4) is 0 Å². The van der Waals surface area contributed by atoms with Gasteiger partial charge in [-0.25, -0.2) is 0 Å². The van der Waals surface area contributed by atoms with E-state index < -0.39 is 11.0 Å². The van der Waals surface area contributed by atoms with Crippen LogP contribution >= 0.6 is 0 Å². The van der Waals surface area contributed by atoms with E-state index in [4.69, 9.17) is 4.74 Å². The van der Waals surface area contributed by atoms with Crippen molar-refractivity contribution in [2.24, 2.45) is 0 Å². The molecule has 0 spiro atoms. The molecule has 0 radical (unpaired) electrons. The number of nitro benzene ring substituents is 1. The summed E-state index contributed by atoms with van der Waals surface area (Å²) in [6.07, 6.45) is 1.21. The van der Waals surface area contributed by atoms with Crippen LogP contribution in [0, 0.1) is 10.1 Å². The van der Waals surface area contributed by atoms with Crippen molar-refractivity contribution >= 4 is 17.3 Å². The Bertz CT molecular complexity index is 424. The van der Waals surface area contributed by atoms with Gasteiger partial charge in [0.05, 0.1) is 4.92 Å². The van der Waals surface area contributed by atoms with Crippen LogP contribution in [0.4, 0.5) is 11.4 Å². The number of nitrogens with one attached hydrogen (secondary N) is 1. The summed E-state index contributed by atoms with van der Waals surface area (Å²) < 4.78 is 5.23. The quantitative estimate of drug-likeness (QED) is 0.639. The minimum Gasteiger partial charge on any atom is -0.368 e. The molecular formula is C11H12N2O4. The third-order valence-electron chi connectivity index (χ3n) is 2.57. The summed E-state index contributed by atoms with van der Waals surface area (Å²) in [5.41, 5.74) is 0.538. The monoisotopic (exact) mass is 236 g/mol. The number of benzene rings is 1. The van der Waals surface area contributed by atoms with E-state index in [1.54, 1.807) is 0 Å². The fourth-order valence-electron chi connectivity index (χ4n) is 1.67. The lowest BCUT2D eigenvalue weighted by Gasteiger charge is -2.09. The van der Waals surface area contributed by atoms with Crippen LogP contribution in [-0.2, 0) is 9.53 Å². The Hall–Kier alpha value is -1.95. The molecule has 2 rings (SSSR count). The van der Waals surface area contributed by atoms with Crippen LogP contribution in [0.2, 0.25) is 0 Å². The number of nitro groups is 1. The van der Waals surface area contributed by atoms with Gasteiger partial charge in [-0.15, -0.1) is 0 Å². The first kappa shape index (κ1) is 11.5. The van der Waals surface area contributed by atoms with Crippen molar-refractivity contribution in [1.29, 1.82) is 0 Å². The topological polar surface area (TPSA) is 81.5 Å². The van der Waals surface area contributed by atoms with E-state index in [-0.39, 0.29) is 11.6 Å². The number of hydrogen-bond donors (Lipinski definition) is 1. The largest absolute Gasteiger partial charge is 0.368 e. The van der Waals surface area contributed by atoms with Crippen LogP contribution < -0.4 is 5.32 Å². The van der Waals surface area contributed by atoms with Crippen molar-refractivity contribution < 1.29 is 14.5 Å². The predicted octanol–water partition coefficient (Wildman–Crippen LogP) is 1.71. The van der Waals surface area contributed by atoms with Crippen molar-refractivity contribution in [2.75, 3.05) is 11.9 Å². The molecule has 1 aromatic rings. The Morgan fingerprint density at radius 3 is 2.65 bits per heavy atom. The smallest absolute Gasteiger partial charge is 0.269 e. The minimum absolute atomic E-state index is 0.000107. The lowest BCUT2D eigenvalue weighted by molar-refractivity contribution is -0.384. The van der Waals surface area contributed by atoms with Gasteiger partial charge in [0.15, 0.2) is 0 Å². The molecule has 0 aliphatic carbocycles. The first-order valence-corrected chi connectivity index (χ1v) is 5.34. The zero-order chi connectivity index (χ0) is 12.3. The van der Waals surface area contributed by atoms with Crippen molar-refractivity contribution in [3.05, 3.63) is 34.4 Å². The number of carbonyl (C=O) groups excluding carboxylic acids is 1. The van der Waals surface area contributed by atoms with Gasteiger partial charge in [-0.05, 0) is 25.0 Å². The van der Waals surface area contributed by atoms with Gasteiger partial charge in [0.1, 0.15) is 6.10 Å². The van der Waals surface area contributed by atoms with Gasteiger partial charge in [-0.2, -0.15) is 0 Å². The molecule has 1 amide bonds. The molecule has 17 heavy (non-hydrogen) atoms. The predicted molar refractivity (Wildman–Crippen MR) is 60.7 cm³/mol. The summed E-state index contributed by atoms with van der Waals surface area (Å²) in [6, 6.07) is 5.71.